The van der Waals surface area contributed by atoms with Crippen molar-refractivity contribution in [2.24, 2.45) is 0 Å². The van der Waals surface area contributed by atoms with E-state index in [1.54, 1.807) is 6.92 Å². The third-order valence-corrected chi connectivity index (χ3v) is 3.75. The molecule has 130 valence electrons. The van der Waals surface area contributed by atoms with Crippen LogP contribution in [0.3, 0.4) is 0 Å². The molecule has 0 bridgehead atoms. The van der Waals surface area contributed by atoms with Crippen LogP contribution in [0.5, 0.6) is 11.5 Å². The molecule has 0 saturated carbocycles. The molecule has 2 aromatic rings. The number of rotatable bonds is 6. The third kappa shape index (κ3) is 5.25. The molecule has 1 unspecified atom stereocenters. The molecule has 0 heterocycles. The predicted octanol–water partition coefficient (Wildman–Crippen LogP) is 3.70. The van der Waals surface area contributed by atoms with Crippen LogP contribution in [0.4, 0.5) is 0 Å². The highest BCUT2D eigenvalue weighted by atomic mass is 35.5. The Kier molecular flexibility index (Phi) is 6.81. The second-order valence-electron chi connectivity index (χ2n) is 6.48. The lowest BCUT2D eigenvalue weighted by Gasteiger charge is -2.30. The minimum absolute atomic E-state index is 0. The van der Waals surface area contributed by atoms with Gasteiger partial charge in [-0.15, -0.1) is 12.4 Å². The van der Waals surface area contributed by atoms with E-state index < -0.39 is 6.04 Å². The van der Waals surface area contributed by atoms with Crippen LogP contribution in [0.15, 0.2) is 48.5 Å². The summed E-state index contributed by atoms with van der Waals surface area (Å²) in [6.07, 6.45) is 0.798. The van der Waals surface area contributed by atoms with Crippen LogP contribution in [0.1, 0.15) is 36.7 Å². The van der Waals surface area contributed by atoms with Crippen molar-refractivity contribution in [3.05, 3.63) is 59.7 Å². The second-order valence-corrected chi connectivity index (χ2v) is 6.48. The summed E-state index contributed by atoms with van der Waals surface area (Å²) in [4.78, 5) is 12.5. The Hall–Kier alpha value is -2.04. The molecule has 1 atom stereocenters. The number of nitrogens with one attached hydrogen (secondary N) is 1. The Labute approximate surface area is 148 Å². The average Bonchev–Trinajstić information content (AvgIpc) is 2.49. The monoisotopic (exact) mass is 349 g/mol. The molecule has 0 amide bonds. The summed E-state index contributed by atoms with van der Waals surface area (Å²) in [7, 11) is 0. The van der Waals surface area contributed by atoms with Gasteiger partial charge in [0, 0.05) is 11.1 Å². The Morgan fingerprint density at radius 1 is 1.08 bits per heavy atom. The molecular formula is C19H24ClNO3. The van der Waals surface area contributed by atoms with Gasteiger partial charge in [0.15, 0.2) is 17.3 Å². The quantitative estimate of drug-likeness (QED) is 0.549. The van der Waals surface area contributed by atoms with E-state index in [-0.39, 0.29) is 35.2 Å². The van der Waals surface area contributed by atoms with Crippen molar-refractivity contribution >= 4 is 18.2 Å². The summed E-state index contributed by atoms with van der Waals surface area (Å²) in [6.45, 7) is 5.91. The van der Waals surface area contributed by atoms with E-state index >= 15 is 0 Å². The first-order valence-corrected chi connectivity index (χ1v) is 7.66. The molecule has 0 radical (unpaired) electrons. The van der Waals surface area contributed by atoms with Gasteiger partial charge in [-0.1, -0.05) is 30.3 Å². The second kappa shape index (κ2) is 8.18. The number of ketones is 1. The maximum atomic E-state index is 12.5. The zero-order valence-corrected chi connectivity index (χ0v) is 14.9. The highest BCUT2D eigenvalue weighted by molar-refractivity contribution is 6.00. The third-order valence-electron chi connectivity index (χ3n) is 3.75. The summed E-state index contributed by atoms with van der Waals surface area (Å²) >= 11 is 0. The van der Waals surface area contributed by atoms with Gasteiger partial charge in [0.1, 0.15) is 0 Å². The van der Waals surface area contributed by atoms with Crippen LogP contribution in [0.25, 0.3) is 0 Å². The summed E-state index contributed by atoms with van der Waals surface area (Å²) in [5.41, 5.74) is 1.32. The van der Waals surface area contributed by atoms with E-state index in [0.717, 1.165) is 6.42 Å². The van der Waals surface area contributed by atoms with Crippen molar-refractivity contribution in [3.8, 4) is 11.5 Å². The highest BCUT2D eigenvalue weighted by Crippen LogP contribution is 2.25. The number of hydrogen-bond acceptors (Lipinski definition) is 4. The van der Waals surface area contributed by atoms with Gasteiger partial charge in [0.25, 0.3) is 0 Å². The number of Topliss-reactive ketones (excluding diaryl/α,β-unsaturated/α-hetero) is 1. The molecule has 0 saturated heterocycles. The van der Waals surface area contributed by atoms with Crippen LogP contribution >= 0.6 is 12.4 Å². The molecule has 0 spiro atoms. The van der Waals surface area contributed by atoms with Gasteiger partial charge in [-0.05, 0) is 51.0 Å². The Morgan fingerprint density at radius 2 is 1.71 bits per heavy atom. The zero-order valence-electron chi connectivity index (χ0n) is 14.1. The molecule has 2 rings (SSSR count). The molecule has 24 heavy (non-hydrogen) atoms. The fourth-order valence-electron chi connectivity index (χ4n) is 2.74. The average molecular weight is 350 g/mol. The van der Waals surface area contributed by atoms with Crippen LogP contribution in [-0.4, -0.2) is 27.6 Å². The molecule has 2 aromatic carbocycles. The van der Waals surface area contributed by atoms with E-state index in [1.165, 1.54) is 23.8 Å². The normalized spacial score (nSPS) is 12.3. The van der Waals surface area contributed by atoms with Gasteiger partial charge >= 0.3 is 0 Å². The van der Waals surface area contributed by atoms with E-state index in [0.29, 0.717) is 5.56 Å². The van der Waals surface area contributed by atoms with Gasteiger partial charge in [0.05, 0.1) is 6.04 Å². The smallest absolute Gasteiger partial charge is 0.179 e. The van der Waals surface area contributed by atoms with E-state index in [4.69, 9.17) is 0 Å². The van der Waals surface area contributed by atoms with Crippen LogP contribution < -0.4 is 5.32 Å². The minimum atomic E-state index is -0.405. The molecule has 0 aromatic heterocycles. The van der Waals surface area contributed by atoms with Gasteiger partial charge < -0.3 is 15.5 Å². The van der Waals surface area contributed by atoms with E-state index in [2.05, 4.69) is 31.3 Å². The van der Waals surface area contributed by atoms with Gasteiger partial charge in [0.2, 0.25) is 0 Å². The SMILES string of the molecule is CC(NC(C)(C)Cc1ccccc1)C(=O)c1ccc(O)c(O)c1.Cl. The highest BCUT2D eigenvalue weighted by Gasteiger charge is 2.25. The standard InChI is InChI=1S/C19H23NO3.ClH/c1-13(18(23)15-9-10-16(21)17(22)11-15)20-19(2,3)12-14-7-5-4-6-8-14;/h4-11,13,20-22H,12H2,1-3H3;1H. The number of halogens is 1. The van der Waals surface area contributed by atoms with Gasteiger partial charge in [-0.25, -0.2) is 0 Å². The van der Waals surface area contributed by atoms with Crippen molar-refractivity contribution in [1.82, 2.24) is 5.32 Å². The number of benzene rings is 2. The maximum Gasteiger partial charge on any atom is 0.179 e. The lowest BCUT2D eigenvalue weighted by atomic mass is 9.93. The number of phenolic OH excluding ortho intramolecular Hbond substituents is 2. The largest absolute Gasteiger partial charge is 0.504 e. The number of aromatic hydroxyl groups is 2. The summed E-state index contributed by atoms with van der Waals surface area (Å²) in [6, 6.07) is 13.8. The molecule has 5 heteroatoms. The first kappa shape index (κ1) is 20.0. The van der Waals surface area contributed by atoms with Crippen LogP contribution in [-0.2, 0) is 6.42 Å². The molecule has 4 nitrogen and oxygen atoms in total. The maximum absolute atomic E-state index is 12.5. The van der Waals surface area contributed by atoms with E-state index in [9.17, 15) is 15.0 Å². The molecular weight excluding hydrogens is 326 g/mol. The zero-order chi connectivity index (χ0) is 17.0. The van der Waals surface area contributed by atoms with Gasteiger partial charge in [-0.3, -0.25) is 4.79 Å². The fourth-order valence-corrected chi connectivity index (χ4v) is 2.74. The van der Waals surface area contributed by atoms with Crippen molar-refractivity contribution in [2.45, 2.75) is 38.8 Å². The first-order chi connectivity index (χ1) is 10.8. The van der Waals surface area contributed by atoms with Crippen LogP contribution in [0.2, 0.25) is 0 Å². The first-order valence-electron chi connectivity index (χ1n) is 7.66. The van der Waals surface area contributed by atoms with Crippen molar-refractivity contribution < 1.29 is 15.0 Å². The lowest BCUT2D eigenvalue weighted by molar-refractivity contribution is 0.0932. The molecule has 0 aliphatic rings. The summed E-state index contributed by atoms with van der Waals surface area (Å²) in [5, 5.41) is 22.2. The predicted molar refractivity (Wildman–Crippen MR) is 98.2 cm³/mol. The lowest BCUT2D eigenvalue weighted by Crippen LogP contribution is -2.49. The Bertz CT molecular complexity index is 686. The minimum Gasteiger partial charge on any atom is -0.504 e. The molecule has 0 aliphatic carbocycles. The number of carbonyl (C=O) groups is 1. The molecule has 3 N–H and O–H groups in total. The molecule has 0 aliphatic heterocycles. The Balaban J connectivity index is 0.00000288. The van der Waals surface area contributed by atoms with Crippen molar-refractivity contribution in [1.29, 1.82) is 0 Å². The van der Waals surface area contributed by atoms with Gasteiger partial charge in [-0.2, -0.15) is 0 Å². The van der Waals surface area contributed by atoms with Crippen LogP contribution in [0, 0.1) is 0 Å². The summed E-state index contributed by atoms with van der Waals surface area (Å²) in [5.74, 6) is -0.639. The van der Waals surface area contributed by atoms with Crippen molar-refractivity contribution in [3.63, 3.8) is 0 Å². The number of hydrogen-bond donors (Lipinski definition) is 3. The van der Waals surface area contributed by atoms with E-state index in [1.807, 2.05) is 18.2 Å². The Morgan fingerprint density at radius 3 is 2.29 bits per heavy atom. The van der Waals surface area contributed by atoms with Crippen molar-refractivity contribution in [2.75, 3.05) is 0 Å². The molecule has 0 fully saturated rings. The number of carbonyl (C=O) groups excluding carboxylic acids is 1. The summed E-state index contributed by atoms with van der Waals surface area (Å²) < 4.78 is 0. The topological polar surface area (TPSA) is 69.6 Å². The number of phenols is 2. The fraction of sp³-hybridized carbons (Fsp3) is 0.316.